The average Bonchev–Trinajstić information content (AvgIpc) is 2.70. The summed E-state index contributed by atoms with van der Waals surface area (Å²) in [5, 5.41) is 9.93. The molecule has 7 nitrogen and oxygen atoms in total. The van der Waals surface area contributed by atoms with Crippen LogP contribution in [0.1, 0.15) is 44.1 Å². The summed E-state index contributed by atoms with van der Waals surface area (Å²) in [6.45, 7) is 1.26. The molecule has 1 aromatic carbocycles. The highest BCUT2D eigenvalue weighted by Gasteiger charge is 2.33. The fourth-order valence-electron chi connectivity index (χ4n) is 3.50. The van der Waals surface area contributed by atoms with Crippen LogP contribution in [0.4, 0.5) is 0 Å². The Morgan fingerprint density at radius 1 is 0.964 bits per heavy atom. The van der Waals surface area contributed by atoms with Gasteiger partial charge in [0, 0.05) is 13.2 Å². The van der Waals surface area contributed by atoms with Crippen molar-refractivity contribution in [1.82, 2.24) is 0 Å². The van der Waals surface area contributed by atoms with Crippen LogP contribution in [0.3, 0.4) is 0 Å². The van der Waals surface area contributed by atoms with E-state index in [4.69, 9.17) is 18.9 Å². The van der Waals surface area contributed by atoms with Crippen LogP contribution in [0.15, 0.2) is 30.3 Å². The third-order valence-electron chi connectivity index (χ3n) is 5.05. The zero-order valence-corrected chi connectivity index (χ0v) is 16.0. The lowest BCUT2D eigenvalue weighted by atomic mass is 10.0. The third-order valence-corrected chi connectivity index (χ3v) is 5.05. The van der Waals surface area contributed by atoms with Crippen molar-refractivity contribution in [2.45, 2.75) is 69.5 Å². The molecular formula is C21H28O7. The molecule has 0 saturated carbocycles. The summed E-state index contributed by atoms with van der Waals surface area (Å²) < 4.78 is 22.0. The van der Waals surface area contributed by atoms with Gasteiger partial charge in [-0.1, -0.05) is 30.3 Å². The topological polar surface area (TPSA) is 91.3 Å². The lowest BCUT2D eigenvalue weighted by Gasteiger charge is -2.32. The summed E-state index contributed by atoms with van der Waals surface area (Å²) in [7, 11) is 0. The van der Waals surface area contributed by atoms with Crippen LogP contribution >= 0.6 is 0 Å². The Bertz CT molecular complexity index is 633. The molecule has 28 heavy (non-hydrogen) atoms. The Morgan fingerprint density at radius 3 is 2.39 bits per heavy atom. The lowest BCUT2D eigenvalue weighted by molar-refractivity contribution is -0.175. The van der Waals surface area contributed by atoms with E-state index in [2.05, 4.69) is 0 Å². The van der Waals surface area contributed by atoms with E-state index in [1.807, 2.05) is 30.3 Å². The second kappa shape index (κ2) is 10.5. The van der Waals surface area contributed by atoms with Crippen molar-refractivity contribution in [3.63, 3.8) is 0 Å². The van der Waals surface area contributed by atoms with E-state index in [0.29, 0.717) is 26.1 Å². The van der Waals surface area contributed by atoms with Crippen LogP contribution in [0.5, 0.6) is 0 Å². The van der Waals surface area contributed by atoms with Crippen molar-refractivity contribution in [2.75, 3.05) is 13.2 Å². The third kappa shape index (κ3) is 6.29. The number of hydrogen-bond donors (Lipinski definition) is 1. The van der Waals surface area contributed by atoms with E-state index >= 15 is 0 Å². The minimum atomic E-state index is -0.646. The fourth-order valence-corrected chi connectivity index (χ4v) is 3.50. The first kappa shape index (κ1) is 20.8. The molecule has 2 fully saturated rings. The maximum atomic E-state index is 12.3. The predicted molar refractivity (Wildman–Crippen MR) is 99.3 cm³/mol. The normalized spacial score (nSPS) is 27.8. The SMILES string of the molecule is O=C(C[C@H]1OCCC[C@H]1OC(=O)C[C@H]1OCCC[C@H]1O)OCc1ccccc1. The maximum absolute atomic E-state index is 12.3. The van der Waals surface area contributed by atoms with E-state index in [1.54, 1.807) is 0 Å². The molecule has 0 aliphatic carbocycles. The molecule has 0 bridgehead atoms. The number of esters is 2. The Morgan fingerprint density at radius 2 is 1.64 bits per heavy atom. The first-order chi connectivity index (χ1) is 13.6. The van der Waals surface area contributed by atoms with Crippen LogP contribution in [0.2, 0.25) is 0 Å². The first-order valence-electron chi connectivity index (χ1n) is 9.92. The molecule has 3 rings (SSSR count). The quantitative estimate of drug-likeness (QED) is 0.711. The van der Waals surface area contributed by atoms with Gasteiger partial charge in [0.1, 0.15) is 18.8 Å². The number of rotatable bonds is 7. The molecule has 0 radical (unpaired) electrons. The van der Waals surface area contributed by atoms with Crippen LogP contribution in [-0.4, -0.2) is 54.7 Å². The van der Waals surface area contributed by atoms with Gasteiger partial charge in [0.15, 0.2) is 0 Å². The van der Waals surface area contributed by atoms with Crippen molar-refractivity contribution < 1.29 is 33.6 Å². The second-order valence-electron chi connectivity index (χ2n) is 7.25. The summed E-state index contributed by atoms with van der Waals surface area (Å²) in [6.07, 6.45) is 0.663. The van der Waals surface area contributed by atoms with E-state index in [9.17, 15) is 14.7 Å². The highest BCUT2D eigenvalue weighted by Crippen LogP contribution is 2.23. The number of aliphatic hydroxyl groups is 1. The van der Waals surface area contributed by atoms with Crippen molar-refractivity contribution in [3.05, 3.63) is 35.9 Å². The average molecular weight is 392 g/mol. The van der Waals surface area contributed by atoms with Gasteiger partial charge in [-0.05, 0) is 31.2 Å². The zero-order chi connectivity index (χ0) is 19.8. The monoisotopic (exact) mass is 392 g/mol. The highest BCUT2D eigenvalue weighted by molar-refractivity contribution is 5.71. The smallest absolute Gasteiger partial charge is 0.308 e. The number of carbonyl (C=O) groups is 2. The second-order valence-corrected chi connectivity index (χ2v) is 7.25. The predicted octanol–water partition coefficient (Wildman–Crippen LogP) is 2.14. The van der Waals surface area contributed by atoms with Gasteiger partial charge < -0.3 is 24.1 Å². The lowest BCUT2D eigenvalue weighted by Crippen LogP contribution is -2.41. The van der Waals surface area contributed by atoms with Crippen molar-refractivity contribution in [2.24, 2.45) is 0 Å². The van der Waals surface area contributed by atoms with Gasteiger partial charge >= 0.3 is 11.9 Å². The number of ether oxygens (including phenoxy) is 4. The van der Waals surface area contributed by atoms with Gasteiger partial charge in [0.05, 0.1) is 25.0 Å². The minimum Gasteiger partial charge on any atom is -0.461 e. The molecule has 2 saturated heterocycles. The Kier molecular flexibility index (Phi) is 7.82. The molecule has 2 aliphatic heterocycles. The molecule has 154 valence electrons. The molecule has 2 heterocycles. The Hall–Kier alpha value is -1.96. The van der Waals surface area contributed by atoms with Gasteiger partial charge in [-0.25, -0.2) is 0 Å². The van der Waals surface area contributed by atoms with Gasteiger partial charge in [0.25, 0.3) is 0 Å². The summed E-state index contributed by atoms with van der Waals surface area (Å²) >= 11 is 0. The molecule has 2 aliphatic rings. The van der Waals surface area contributed by atoms with Gasteiger partial charge in [-0.2, -0.15) is 0 Å². The molecule has 0 aromatic heterocycles. The van der Waals surface area contributed by atoms with Gasteiger partial charge in [-0.3, -0.25) is 9.59 Å². The van der Waals surface area contributed by atoms with Gasteiger partial charge in [0.2, 0.25) is 0 Å². The minimum absolute atomic E-state index is 0.00282. The van der Waals surface area contributed by atoms with Crippen LogP contribution in [0.25, 0.3) is 0 Å². The van der Waals surface area contributed by atoms with Gasteiger partial charge in [-0.15, -0.1) is 0 Å². The number of hydrogen-bond acceptors (Lipinski definition) is 7. The maximum Gasteiger partial charge on any atom is 0.308 e. The molecule has 0 unspecified atom stereocenters. The summed E-state index contributed by atoms with van der Waals surface area (Å²) in [5.74, 6) is -0.827. The zero-order valence-electron chi connectivity index (χ0n) is 16.0. The number of benzene rings is 1. The standard InChI is InChI=1S/C21H28O7/c22-16-8-4-10-25-18(16)12-21(24)28-17-9-5-11-26-19(17)13-20(23)27-14-15-6-2-1-3-7-15/h1-3,6-7,16-19,22H,4-5,8-14H2/t16-,17-,18-,19-/m1/s1. The van der Waals surface area contributed by atoms with E-state index in [-0.39, 0.29) is 25.4 Å². The molecule has 1 N–H and O–H groups in total. The molecule has 0 spiro atoms. The molecular weight excluding hydrogens is 364 g/mol. The molecule has 4 atom stereocenters. The molecule has 1 aromatic rings. The van der Waals surface area contributed by atoms with Crippen molar-refractivity contribution in [3.8, 4) is 0 Å². The van der Waals surface area contributed by atoms with Crippen LogP contribution in [-0.2, 0) is 35.1 Å². The number of aliphatic hydroxyl groups excluding tert-OH is 1. The summed E-state index contributed by atoms with van der Waals surface area (Å²) in [5.41, 5.74) is 0.912. The summed E-state index contributed by atoms with van der Waals surface area (Å²) in [6, 6.07) is 9.44. The van der Waals surface area contributed by atoms with E-state index in [1.165, 1.54) is 0 Å². The summed E-state index contributed by atoms with van der Waals surface area (Å²) in [4.78, 5) is 24.5. The Labute approximate surface area is 164 Å². The molecule has 7 heteroatoms. The van der Waals surface area contributed by atoms with Crippen LogP contribution < -0.4 is 0 Å². The number of carbonyl (C=O) groups excluding carboxylic acids is 2. The van der Waals surface area contributed by atoms with Crippen LogP contribution in [0, 0.1) is 0 Å². The van der Waals surface area contributed by atoms with Crippen molar-refractivity contribution in [1.29, 1.82) is 0 Å². The highest BCUT2D eigenvalue weighted by atomic mass is 16.6. The first-order valence-corrected chi connectivity index (χ1v) is 9.92. The molecule has 0 amide bonds. The largest absolute Gasteiger partial charge is 0.461 e. The Balaban J connectivity index is 1.46. The van der Waals surface area contributed by atoms with E-state index < -0.39 is 30.4 Å². The van der Waals surface area contributed by atoms with Crippen molar-refractivity contribution >= 4 is 11.9 Å². The van der Waals surface area contributed by atoms with E-state index in [0.717, 1.165) is 18.4 Å². The fraction of sp³-hybridized carbons (Fsp3) is 0.619.